The topological polar surface area (TPSA) is 68.5 Å². The average Bonchev–Trinajstić information content (AvgIpc) is 2.98. The van der Waals surface area contributed by atoms with Crippen LogP contribution in [0.5, 0.6) is 5.75 Å². The number of nitrogens with two attached hydrogens (primary N) is 1. The largest absolute Gasteiger partial charge is 0.486 e. The molecule has 0 aliphatic heterocycles. The van der Waals surface area contributed by atoms with Gasteiger partial charge in [-0.15, -0.1) is 11.3 Å². The number of nitrogens with zero attached hydrogens (tertiary/aromatic N) is 2. The van der Waals surface area contributed by atoms with Crippen molar-refractivity contribution in [1.82, 2.24) is 9.88 Å². The number of benzene rings is 1. The van der Waals surface area contributed by atoms with E-state index in [1.807, 2.05) is 6.92 Å². The normalized spacial score (nSPS) is 12.3. The highest BCUT2D eigenvalue weighted by atomic mass is 32.1. The molecule has 1 aromatic carbocycles. The zero-order chi connectivity index (χ0) is 19.3. The van der Waals surface area contributed by atoms with Gasteiger partial charge in [-0.2, -0.15) is 0 Å². The molecule has 1 aromatic heterocycles. The number of ether oxygens (including phenoxy) is 1. The van der Waals surface area contributed by atoms with Gasteiger partial charge in [0.1, 0.15) is 28.1 Å². The molecule has 0 aliphatic carbocycles. The third-order valence-corrected chi connectivity index (χ3v) is 5.33. The van der Waals surface area contributed by atoms with Gasteiger partial charge in [0.2, 0.25) is 0 Å². The molecule has 0 bridgehead atoms. The van der Waals surface area contributed by atoms with Crippen molar-refractivity contribution in [3.8, 4) is 5.75 Å². The Morgan fingerprint density at radius 3 is 2.62 bits per heavy atom. The van der Waals surface area contributed by atoms with Crippen LogP contribution in [0.15, 0.2) is 24.3 Å². The maximum Gasteiger partial charge on any atom is 0.265 e. The van der Waals surface area contributed by atoms with Crippen molar-refractivity contribution in [2.24, 2.45) is 11.7 Å². The number of amides is 1. The highest BCUT2D eigenvalue weighted by molar-refractivity contribution is 7.13. The lowest BCUT2D eigenvalue weighted by molar-refractivity contribution is 0.0793. The zero-order valence-corrected chi connectivity index (χ0v) is 16.5. The van der Waals surface area contributed by atoms with Gasteiger partial charge in [-0.3, -0.25) is 4.79 Å². The summed E-state index contributed by atoms with van der Waals surface area (Å²) < 4.78 is 18.5. The molecule has 0 spiro atoms. The van der Waals surface area contributed by atoms with E-state index in [-0.39, 0.29) is 24.4 Å². The molecule has 2 aromatic rings. The van der Waals surface area contributed by atoms with Gasteiger partial charge in [-0.1, -0.05) is 13.8 Å². The molecular formula is C19H26FN3O2S. The van der Waals surface area contributed by atoms with E-state index in [4.69, 9.17) is 10.5 Å². The van der Waals surface area contributed by atoms with Crippen LogP contribution < -0.4 is 10.5 Å². The monoisotopic (exact) mass is 379 g/mol. The van der Waals surface area contributed by atoms with Crippen LogP contribution in [0.3, 0.4) is 0 Å². The predicted molar refractivity (Wildman–Crippen MR) is 102 cm³/mol. The van der Waals surface area contributed by atoms with Gasteiger partial charge in [0, 0.05) is 19.6 Å². The predicted octanol–water partition coefficient (Wildman–Crippen LogP) is 3.62. The van der Waals surface area contributed by atoms with E-state index in [0.717, 1.165) is 6.42 Å². The molecule has 2 N–H and O–H groups in total. The Hall–Kier alpha value is -1.99. The van der Waals surface area contributed by atoms with Crippen LogP contribution in [0.2, 0.25) is 0 Å². The second kappa shape index (κ2) is 9.09. The van der Waals surface area contributed by atoms with Crippen molar-refractivity contribution < 1.29 is 13.9 Å². The minimum atomic E-state index is -0.310. The quantitative estimate of drug-likeness (QED) is 0.761. The Balaban J connectivity index is 1.95. The number of carbonyl (C=O) groups excluding carboxylic acids is 1. The summed E-state index contributed by atoms with van der Waals surface area (Å²) in [4.78, 5) is 19.4. The van der Waals surface area contributed by atoms with Crippen LogP contribution in [0.25, 0.3) is 0 Å². The minimum Gasteiger partial charge on any atom is -0.486 e. The summed E-state index contributed by atoms with van der Waals surface area (Å²) in [6.07, 6.45) is 0.762. The van der Waals surface area contributed by atoms with Gasteiger partial charge in [-0.25, -0.2) is 9.37 Å². The number of hydrogen-bond donors (Lipinski definition) is 1. The summed E-state index contributed by atoms with van der Waals surface area (Å²) in [6.45, 7) is 6.82. The van der Waals surface area contributed by atoms with Gasteiger partial charge in [-0.05, 0) is 43.5 Å². The van der Waals surface area contributed by atoms with Crippen molar-refractivity contribution in [2.75, 3.05) is 13.6 Å². The van der Waals surface area contributed by atoms with Crippen LogP contribution in [0, 0.1) is 18.7 Å². The summed E-state index contributed by atoms with van der Waals surface area (Å²) in [5.74, 6) is 0.588. The lowest BCUT2D eigenvalue weighted by Gasteiger charge is -2.21. The molecule has 0 fully saturated rings. The third kappa shape index (κ3) is 5.51. The number of rotatable bonds is 8. The lowest BCUT2D eigenvalue weighted by Crippen LogP contribution is -2.34. The summed E-state index contributed by atoms with van der Waals surface area (Å²) in [6, 6.07) is 5.89. The molecule has 1 unspecified atom stereocenters. The number of halogens is 1. The molecular weight excluding hydrogens is 353 g/mol. The molecule has 0 saturated heterocycles. The van der Waals surface area contributed by atoms with Crippen molar-refractivity contribution in [1.29, 1.82) is 0 Å². The molecule has 1 heterocycles. The average molecular weight is 380 g/mol. The highest BCUT2D eigenvalue weighted by Gasteiger charge is 2.20. The van der Waals surface area contributed by atoms with Crippen LogP contribution in [-0.2, 0) is 6.61 Å². The van der Waals surface area contributed by atoms with Gasteiger partial charge < -0.3 is 15.4 Å². The first-order chi connectivity index (χ1) is 12.3. The number of aryl methyl sites for hydroxylation is 1. The second-order valence-electron chi connectivity index (χ2n) is 6.69. The van der Waals surface area contributed by atoms with Crippen LogP contribution in [-0.4, -0.2) is 35.4 Å². The Bertz CT molecular complexity index is 731. The van der Waals surface area contributed by atoms with E-state index in [2.05, 4.69) is 18.8 Å². The Morgan fingerprint density at radius 2 is 2.00 bits per heavy atom. The smallest absolute Gasteiger partial charge is 0.265 e. The first-order valence-electron chi connectivity index (χ1n) is 8.63. The molecule has 0 saturated carbocycles. The first kappa shape index (κ1) is 20.3. The zero-order valence-electron chi connectivity index (χ0n) is 15.7. The van der Waals surface area contributed by atoms with Crippen molar-refractivity contribution >= 4 is 17.2 Å². The summed E-state index contributed by atoms with van der Waals surface area (Å²) >= 11 is 1.33. The fourth-order valence-corrected chi connectivity index (χ4v) is 3.31. The SMILES string of the molecule is Cc1nc(COc2ccc(F)cc2)sc1C(=O)N(C)CCC(N)C(C)C. The van der Waals surface area contributed by atoms with Gasteiger partial charge in [0.15, 0.2) is 0 Å². The van der Waals surface area contributed by atoms with Crippen molar-refractivity contribution in [2.45, 2.75) is 39.8 Å². The van der Waals surface area contributed by atoms with E-state index in [1.165, 1.54) is 23.5 Å². The fourth-order valence-electron chi connectivity index (χ4n) is 2.34. The van der Waals surface area contributed by atoms with Gasteiger partial charge in [0.25, 0.3) is 5.91 Å². The standard InChI is InChI=1S/C19H26FN3O2S/c1-12(2)16(21)9-10-23(4)19(24)18-13(3)22-17(26-18)11-25-15-7-5-14(20)6-8-15/h5-8,12,16H,9-11,21H2,1-4H3. The summed E-state index contributed by atoms with van der Waals surface area (Å²) in [5.41, 5.74) is 6.75. The Labute approximate surface area is 158 Å². The number of carbonyl (C=O) groups is 1. The third-order valence-electron chi connectivity index (χ3n) is 4.21. The molecule has 0 aliphatic rings. The molecule has 1 amide bonds. The molecule has 0 radical (unpaired) electrons. The highest BCUT2D eigenvalue weighted by Crippen LogP contribution is 2.22. The Morgan fingerprint density at radius 1 is 1.35 bits per heavy atom. The van der Waals surface area contributed by atoms with Crippen LogP contribution >= 0.6 is 11.3 Å². The van der Waals surface area contributed by atoms with E-state index in [0.29, 0.717) is 33.8 Å². The van der Waals surface area contributed by atoms with Gasteiger partial charge >= 0.3 is 0 Å². The lowest BCUT2D eigenvalue weighted by atomic mass is 10.0. The van der Waals surface area contributed by atoms with E-state index in [1.54, 1.807) is 24.1 Å². The second-order valence-corrected chi connectivity index (χ2v) is 7.77. The fraction of sp³-hybridized carbons (Fsp3) is 0.474. The van der Waals surface area contributed by atoms with E-state index in [9.17, 15) is 9.18 Å². The van der Waals surface area contributed by atoms with Crippen LogP contribution in [0.1, 0.15) is 40.6 Å². The molecule has 142 valence electrons. The Kier molecular flexibility index (Phi) is 7.11. The molecule has 1 atom stereocenters. The minimum absolute atomic E-state index is 0.0519. The van der Waals surface area contributed by atoms with E-state index < -0.39 is 0 Å². The number of thiazole rings is 1. The number of aromatic nitrogens is 1. The maximum atomic E-state index is 12.9. The van der Waals surface area contributed by atoms with Gasteiger partial charge in [0.05, 0.1) is 5.69 Å². The molecule has 2 rings (SSSR count). The summed E-state index contributed by atoms with van der Waals surface area (Å²) in [7, 11) is 1.78. The van der Waals surface area contributed by atoms with E-state index >= 15 is 0 Å². The molecule has 26 heavy (non-hydrogen) atoms. The molecule has 7 heteroatoms. The number of hydrogen-bond acceptors (Lipinski definition) is 5. The van der Waals surface area contributed by atoms with Crippen LogP contribution in [0.4, 0.5) is 4.39 Å². The first-order valence-corrected chi connectivity index (χ1v) is 9.45. The van der Waals surface area contributed by atoms with Crippen molar-refractivity contribution in [3.63, 3.8) is 0 Å². The van der Waals surface area contributed by atoms with Crippen molar-refractivity contribution in [3.05, 3.63) is 45.7 Å². The molecule has 5 nitrogen and oxygen atoms in total. The summed E-state index contributed by atoms with van der Waals surface area (Å²) in [5, 5.41) is 0.711. The maximum absolute atomic E-state index is 12.9.